The van der Waals surface area contributed by atoms with Crippen molar-refractivity contribution < 1.29 is 22.4 Å². The van der Waals surface area contributed by atoms with Crippen molar-refractivity contribution in [1.29, 1.82) is 0 Å². The summed E-state index contributed by atoms with van der Waals surface area (Å²) in [6.07, 6.45) is 2.26. The van der Waals surface area contributed by atoms with E-state index in [0.29, 0.717) is 36.0 Å². The van der Waals surface area contributed by atoms with E-state index in [-0.39, 0.29) is 11.4 Å². The van der Waals surface area contributed by atoms with E-state index < -0.39 is 10.0 Å². The Bertz CT molecular complexity index is 769. The summed E-state index contributed by atoms with van der Waals surface area (Å²) in [5.74, 6) is 1.59. The van der Waals surface area contributed by atoms with Crippen LogP contribution < -0.4 is 14.2 Å². The van der Waals surface area contributed by atoms with Crippen molar-refractivity contribution in [3.05, 3.63) is 35.7 Å². The molecule has 2 heterocycles. The third-order valence-corrected chi connectivity index (χ3v) is 4.73. The largest absolute Gasteiger partial charge is 0.490 e. The Kier molecular flexibility index (Phi) is 4.04. The number of fused-ring (bicyclic) bond motifs is 1. The summed E-state index contributed by atoms with van der Waals surface area (Å²) in [6.45, 7) is 2.91. The normalized spacial score (nSPS) is 14.6. The highest BCUT2D eigenvalue weighted by atomic mass is 32.2. The van der Waals surface area contributed by atoms with Crippen molar-refractivity contribution >= 4 is 10.0 Å². The molecule has 0 fully saturated rings. The Morgan fingerprint density at radius 2 is 2.00 bits per heavy atom. The number of hydrogen-bond donors (Lipinski definition) is 1. The zero-order valence-corrected chi connectivity index (χ0v) is 12.9. The van der Waals surface area contributed by atoms with Crippen molar-refractivity contribution in [2.75, 3.05) is 13.2 Å². The minimum absolute atomic E-state index is 0.117. The van der Waals surface area contributed by atoms with Crippen molar-refractivity contribution in [1.82, 2.24) is 9.88 Å². The number of rotatable bonds is 4. The van der Waals surface area contributed by atoms with Crippen LogP contribution in [0.5, 0.6) is 11.5 Å². The zero-order chi connectivity index (χ0) is 15.6. The van der Waals surface area contributed by atoms with E-state index in [4.69, 9.17) is 14.0 Å². The number of nitrogens with one attached hydrogen (secondary N) is 1. The van der Waals surface area contributed by atoms with Gasteiger partial charge in [0.1, 0.15) is 5.76 Å². The maximum atomic E-state index is 12.4. The quantitative estimate of drug-likeness (QED) is 0.919. The topological polar surface area (TPSA) is 90.7 Å². The molecule has 0 amide bonds. The second-order valence-electron chi connectivity index (χ2n) is 4.89. The lowest BCUT2D eigenvalue weighted by molar-refractivity contribution is 0.297. The van der Waals surface area contributed by atoms with Gasteiger partial charge in [-0.05, 0) is 19.1 Å². The molecule has 118 valence electrons. The number of ether oxygens (including phenoxy) is 2. The highest BCUT2D eigenvalue weighted by Crippen LogP contribution is 2.31. The number of aromatic nitrogens is 1. The molecule has 1 aromatic carbocycles. The molecular weight excluding hydrogens is 308 g/mol. The molecule has 0 spiro atoms. The Morgan fingerprint density at radius 3 is 2.73 bits per heavy atom. The number of sulfonamides is 1. The lowest BCUT2D eigenvalue weighted by Crippen LogP contribution is -2.23. The average Bonchev–Trinajstić information content (AvgIpc) is 2.77. The lowest BCUT2D eigenvalue weighted by atomic mass is 10.3. The number of nitrogens with zero attached hydrogens (tertiary/aromatic N) is 1. The van der Waals surface area contributed by atoms with Crippen LogP contribution in [0.4, 0.5) is 0 Å². The van der Waals surface area contributed by atoms with E-state index in [1.165, 1.54) is 18.3 Å². The summed E-state index contributed by atoms with van der Waals surface area (Å²) >= 11 is 0. The summed E-state index contributed by atoms with van der Waals surface area (Å²) in [6, 6.07) is 4.58. The molecule has 3 rings (SSSR count). The Balaban J connectivity index is 1.80. The van der Waals surface area contributed by atoms with Gasteiger partial charge >= 0.3 is 0 Å². The van der Waals surface area contributed by atoms with Crippen molar-refractivity contribution in [2.45, 2.75) is 24.8 Å². The van der Waals surface area contributed by atoms with Crippen LogP contribution in [0.2, 0.25) is 0 Å². The fraction of sp³-hybridized carbons (Fsp3) is 0.357. The van der Waals surface area contributed by atoms with Gasteiger partial charge < -0.3 is 14.0 Å². The maximum Gasteiger partial charge on any atom is 0.241 e. The van der Waals surface area contributed by atoms with Crippen LogP contribution in [-0.2, 0) is 16.6 Å². The van der Waals surface area contributed by atoms with Gasteiger partial charge in [-0.2, -0.15) is 0 Å². The van der Waals surface area contributed by atoms with Gasteiger partial charge in [-0.1, -0.05) is 5.16 Å². The Hall–Kier alpha value is -2.06. The first-order valence-corrected chi connectivity index (χ1v) is 8.34. The van der Waals surface area contributed by atoms with Gasteiger partial charge in [0.15, 0.2) is 11.5 Å². The minimum atomic E-state index is -3.65. The first-order chi connectivity index (χ1) is 10.6. The van der Waals surface area contributed by atoms with Gasteiger partial charge in [0.25, 0.3) is 0 Å². The molecule has 0 bridgehead atoms. The highest BCUT2D eigenvalue weighted by Gasteiger charge is 2.19. The van der Waals surface area contributed by atoms with E-state index in [1.54, 1.807) is 13.0 Å². The van der Waals surface area contributed by atoms with Crippen molar-refractivity contribution in [2.24, 2.45) is 0 Å². The van der Waals surface area contributed by atoms with Crippen molar-refractivity contribution in [3.63, 3.8) is 0 Å². The van der Waals surface area contributed by atoms with Gasteiger partial charge in [-0.3, -0.25) is 0 Å². The Labute approximate surface area is 128 Å². The van der Waals surface area contributed by atoms with Crippen LogP contribution in [0.25, 0.3) is 0 Å². The Morgan fingerprint density at radius 1 is 1.23 bits per heavy atom. The van der Waals surface area contributed by atoms with Crippen LogP contribution in [0, 0.1) is 6.92 Å². The lowest BCUT2D eigenvalue weighted by Gasteiger charge is -2.10. The van der Waals surface area contributed by atoms with Gasteiger partial charge in [0.05, 0.1) is 24.3 Å². The van der Waals surface area contributed by atoms with Crippen LogP contribution in [-0.4, -0.2) is 26.8 Å². The standard InChI is InChI=1S/C14H16N2O5S/c1-10-11(8-15-21-10)9-16-22(17,18)12-3-4-13-14(7-12)20-6-2-5-19-13/h3-4,7-8,16H,2,5-6,9H2,1H3. The SMILES string of the molecule is Cc1oncc1CNS(=O)(=O)c1ccc2c(c1)OCCCO2. The fourth-order valence-corrected chi connectivity index (χ4v) is 3.08. The average molecular weight is 324 g/mol. The molecule has 22 heavy (non-hydrogen) atoms. The molecule has 0 unspecified atom stereocenters. The summed E-state index contributed by atoms with van der Waals surface area (Å²) in [7, 11) is -3.65. The van der Waals surface area contributed by atoms with Gasteiger partial charge in [0.2, 0.25) is 10.0 Å². The first-order valence-electron chi connectivity index (χ1n) is 6.86. The molecule has 8 heteroatoms. The highest BCUT2D eigenvalue weighted by molar-refractivity contribution is 7.89. The monoisotopic (exact) mass is 324 g/mol. The van der Waals surface area contributed by atoms with E-state index >= 15 is 0 Å². The van der Waals surface area contributed by atoms with Gasteiger partial charge in [0, 0.05) is 24.6 Å². The van der Waals surface area contributed by atoms with Crippen LogP contribution >= 0.6 is 0 Å². The molecular formula is C14H16N2O5S. The van der Waals surface area contributed by atoms with E-state index in [1.807, 2.05) is 0 Å². The van der Waals surface area contributed by atoms with E-state index in [2.05, 4.69) is 9.88 Å². The van der Waals surface area contributed by atoms with Crippen LogP contribution in [0.15, 0.2) is 33.8 Å². The van der Waals surface area contributed by atoms with E-state index in [9.17, 15) is 8.42 Å². The number of hydrogen-bond acceptors (Lipinski definition) is 6. The molecule has 0 aliphatic carbocycles. The predicted octanol–water partition coefficient (Wildman–Crippen LogP) is 1.62. The molecule has 0 saturated carbocycles. The second-order valence-corrected chi connectivity index (χ2v) is 6.66. The predicted molar refractivity (Wildman–Crippen MR) is 77.3 cm³/mol. The van der Waals surface area contributed by atoms with Crippen LogP contribution in [0.1, 0.15) is 17.7 Å². The molecule has 0 atom stereocenters. The summed E-state index contributed by atoms with van der Waals surface area (Å²) < 4.78 is 43.1. The van der Waals surface area contributed by atoms with Gasteiger partial charge in [-0.25, -0.2) is 13.1 Å². The summed E-state index contributed by atoms with van der Waals surface area (Å²) in [5, 5.41) is 3.62. The molecule has 1 aromatic heterocycles. The molecule has 0 radical (unpaired) electrons. The van der Waals surface area contributed by atoms with Crippen LogP contribution in [0.3, 0.4) is 0 Å². The smallest absolute Gasteiger partial charge is 0.241 e. The molecule has 7 nitrogen and oxygen atoms in total. The fourth-order valence-electron chi connectivity index (χ4n) is 2.06. The molecule has 1 aliphatic heterocycles. The molecule has 1 aliphatic rings. The number of benzene rings is 1. The maximum absolute atomic E-state index is 12.4. The summed E-state index contributed by atoms with van der Waals surface area (Å²) in [5.41, 5.74) is 0.693. The minimum Gasteiger partial charge on any atom is -0.490 e. The first kappa shape index (κ1) is 14.9. The molecule has 0 saturated heterocycles. The third kappa shape index (κ3) is 3.07. The van der Waals surface area contributed by atoms with Crippen molar-refractivity contribution in [3.8, 4) is 11.5 Å². The zero-order valence-electron chi connectivity index (χ0n) is 12.0. The molecule has 2 aromatic rings. The molecule has 1 N–H and O–H groups in total. The second kappa shape index (κ2) is 5.98. The third-order valence-electron chi connectivity index (χ3n) is 3.33. The van der Waals surface area contributed by atoms with E-state index in [0.717, 1.165) is 6.42 Å². The number of aryl methyl sites for hydroxylation is 1. The summed E-state index contributed by atoms with van der Waals surface area (Å²) in [4.78, 5) is 0.130. The van der Waals surface area contributed by atoms with Gasteiger partial charge in [-0.15, -0.1) is 0 Å².